The lowest BCUT2D eigenvalue weighted by Crippen LogP contribution is -2.18. The van der Waals surface area contributed by atoms with Gasteiger partial charge in [-0.15, -0.1) is 0 Å². The van der Waals surface area contributed by atoms with Crippen LogP contribution in [0, 0.1) is 11.3 Å². The second-order valence-electron chi connectivity index (χ2n) is 3.46. The number of nitrogens with zero attached hydrogens (tertiary/aromatic N) is 1. The van der Waals surface area contributed by atoms with Crippen LogP contribution < -0.4 is 5.73 Å². The lowest BCUT2D eigenvalue weighted by Gasteiger charge is -2.09. The zero-order chi connectivity index (χ0) is 9.47. The first-order chi connectivity index (χ1) is 6.15. The van der Waals surface area contributed by atoms with Crippen LogP contribution in [-0.2, 0) is 5.54 Å². The van der Waals surface area contributed by atoms with Gasteiger partial charge in [0.05, 0.1) is 10.6 Å². The highest BCUT2D eigenvalue weighted by atomic mass is 35.5. The first-order valence-electron chi connectivity index (χ1n) is 4.15. The molecule has 1 aromatic carbocycles. The van der Waals surface area contributed by atoms with Crippen molar-refractivity contribution < 1.29 is 0 Å². The Labute approximate surface area is 81.9 Å². The van der Waals surface area contributed by atoms with Crippen LogP contribution >= 0.6 is 11.6 Å². The SMILES string of the molecule is N#Cc1ccc(C2(N)CC2)cc1Cl. The maximum Gasteiger partial charge on any atom is 0.101 e. The van der Waals surface area contributed by atoms with Crippen molar-refractivity contribution in [3.8, 4) is 6.07 Å². The average molecular weight is 193 g/mol. The molecule has 0 saturated heterocycles. The summed E-state index contributed by atoms with van der Waals surface area (Å²) in [6.07, 6.45) is 2.02. The van der Waals surface area contributed by atoms with E-state index in [1.807, 2.05) is 12.1 Å². The third kappa shape index (κ3) is 1.41. The molecular weight excluding hydrogens is 184 g/mol. The van der Waals surface area contributed by atoms with E-state index in [-0.39, 0.29) is 5.54 Å². The fraction of sp³-hybridized carbons (Fsp3) is 0.300. The summed E-state index contributed by atoms with van der Waals surface area (Å²) in [5, 5.41) is 9.16. The molecule has 2 rings (SSSR count). The van der Waals surface area contributed by atoms with Crippen molar-refractivity contribution in [2.24, 2.45) is 5.73 Å². The number of hydrogen-bond acceptors (Lipinski definition) is 2. The number of rotatable bonds is 1. The summed E-state index contributed by atoms with van der Waals surface area (Å²) in [5.74, 6) is 0. The molecule has 0 amide bonds. The summed E-state index contributed by atoms with van der Waals surface area (Å²) in [7, 11) is 0. The van der Waals surface area contributed by atoms with Gasteiger partial charge in [-0.25, -0.2) is 0 Å². The Morgan fingerprint density at radius 3 is 2.62 bits per heavy atom. The molecule has 1 fully saturated rings. The van der Waals surface area contributed by atoms with E-state index < -0.39 is 0 Å². The van der Waals surface area contributed by atoms with Gasteiger partial charge in [0.25, 0.3) is 0 Å². The first-order valence-corrected chi connectivity index (χ1v) is 4.52. The second-order valence-corrected chi connectivity index (χ2v) is 3.87. The van der Waals surface area contributed by atoms with E-state index >= 15 is 0 Å². The molecule has 0 bridgehead atoms. The van der Waals surface area contributed by atoms with Gasteiger partial charge in [0.2, 0.25) is 0 Å². The molecule has 1 saturated carbocycles. The van der Waals surface area contributed by atoms with Gasteiger partial charge in [0, 0.05) is 5.54 Å². The van der Waals surface area contributed by atoms with Gasteiger partial charge in [-0.1, -0.05) is 17.7 Å². The molecule has 1 aromatic rings. The van der Waals surface area contributed by atoms with Crippen molar-refractivity contribution in [3.63, 3.8) is 0 Å². The summed E-state index contributed by atoms with van der Waals surface area (Å²) in [4.78, 5) is 0. The van der Waals surface area contributed by atoms with Crippen LogP contribution in [0.3, 0.4) is 0 Å². The Balaban J connectivity index is 2.43. The lowest BCUT2D eigenvalue weighted by molar-refractivity contribution is 0.740. The summed E-state index contributed by atoms with van der Waals surface area (Å²) in [6, 6.07) is 7.43. The normalized spacial score (nSPS) is 17.9. The highest BCUT2D eigenvalue weighted by molar-refractivity contribution is 6.31. The second kappa shape index (κ2) is 2.73. The number of halogens is 1. The van der Waals surface area contributed by atoms with E-state index in [0.717, 1.165) is 18.4 Å². The highest BCUT2D eigenvalue weighted by Crippen LogP contribution is 2.43. The van der Waals surface area contributed by atoms with Gasteiger partial charge in [0.1, 0.15) is 6.07 Å². The standard InChI is InChI=1S/C10H9ClN2/c11-9-5-8(10(13)3-4-10)2-1-7(9)6-12/h1-2,5H,3-4,13H2. The molecule has 1 aliphatic carbocycles. The quantitative estimate of drug-likeness (QED) is 0.742. The number of benzene rings is 1. The van der Waals surface area contributed by atoms with Crippen molar-refractivity contribution in [1.29, 1.82) is 5.26 Å². The summed E-state index contributed by atoms with van der Waals surface area (Å²) < 4.78 is 0. The van der Waals surface area contributed by atoms with Crippen LogP contribution in [0.1, 0.15) is 24.0 Å². The van der Waals surface area contributed by atoms with Crippen LogP contribution in [0.5, 0.6) is 0 Å². The first kappa shape index (κ1) is 8.55. The average Bonchev–Trinajstić information content (AvgIpc) is 2.85. The van der Waals surface area contributed by atoms with E-state index in [1.54, 1.807) is 12.1 Å². The molecule has 0 atom stereocenters. The molecule has 0 spiro atoms. The van der Waals surface area contributed by atoms with Gasteiger partial charge >= 0.3 is 0 Å². The van der Waals surface area contributed by atoms with Gasteiger partial charge in [0.15, 0.2) is 0 Å². The number of hydrogen-bond donors (Lipinski definition) is 1. The lowest BCUT2D eigenvalue weighted by atomic mass is 10.0. The predicted octanol–water partition coefficient (Wildman–Crippen LogP) is 2.16. The summed E-state index contributed by atoms with van der Waals surface area (Å²) >= 11 is 5.89. The van der Waals surface area contributed by atoms with Gasteiger partial charge < -0.3 is 5.73 Å². The fourth-order valence-electron chi connectivity index (χ4n) is 1.34. The van der Waals surface area contributed by atoms with E-state index in [4.69, 9.17) is 22.6 Å². The molecular formula is C10H9ClN2. The third-order valence-electron chi connectivity index (χ3n) is 2.45. The van der Waals surface area contributed by atoms with Crippen LogP contribution in [0.25, 0.3) is 0 Å². The Morgan fingerprint density at radius 1 is 1.46 bits per heavy atom. The van der Waals surface area contributed by atoms with E-state index in [2.05, 4.69) is 0 Å². The molecule has 0 heterocycles. The van der Waals surface area contributed by atoms with E-state index in [1.165, 1.54) is 0 Å². The maximum absolute atomic E-state index is 8.66. The van der Waals surface area contributed by atoms with Crippen LogP contribution in [0.15, 0.2) is 18.2 Å². The van der Waals surface area contributed by atoms with Gasteiger partial charge in [-0.3, -0.25) is 0 Å². The minimum atomic E-state index is -0.169. The third-order valence-corrected chi connectivity index (χ3v) is 2.77. The Kier molecular flexibility index (Phi) is 1.80. The zero-order valence-electron chi connectivity index (χ0n) is 7.05. The summed E-state index contributed by atoms with van der Waals surface area (Å²) in [6.45, 7) is 0. The zero-order valence-corrected chi connectivity index (χ0v) is 7.80. The molecule has 3 heteroatoms. The molecule has 0 unspecified atom stereocenters. The largest absolute Gasteiger partial charge is 0.321 e. The molecule has 66 valence electrons. The molecule has 0 aliphatic heterocycles. The van der Waals surface area contributed by atoms with Gasteiger partial charge in [-0.05, 0) is 30.5 Å². The van der Waals surface area contributed by atoms with Crippen LogP contribution in [-0.4, -0.2) is 0 Å². The molecule has 2 nitrogen and oxygen atoms in total. The van der Waals surface area contributed by atoms with Crippen LogP contribution in [0.2, 0.25) is 5.02 Å². The minimum absolute atomic E-state index is 0.169. The summed E-state index contributed by atoms with van der Waals surface area (Å²) in [5.41, 5.74) is 7.37. The molecule has 2 N–H and O–H groups in total. The van der Waals surface area contributed by atoms with E-state index in [0.29, 0.717) is 10.6 Å². The van der Waals surface area contributed by atoms with Crippen molar-refractivity contribution >= 4 is 11.6 Å². The van der Waals surface area contributed by atoms with Crippen molar-refractivity contribution in [2.45, 2.75) is 18.4 Å². The molecule has 13 heavy (non-hydrogen) atoms. The molecule has 0 radical (unpaired) electrons. The molecule has 0 aromatic heterocycles. The fourth-order valence-corrected chi connectivity index (χ4v) is 1.56. The minimum Gasteiger partial charge on any atom is -0.321 e. The maximum atomic E-state index is 8.66. The van der Waals surface area contributed by atoms with Crippen molar-refractivity contribution in [1.82, 2.24) is 0 Å². The molecule has 1 aliphatic rings. The topological polar surface area (TPSA) is 49.8 Å². The van der Waals surface area contributed by atoms with Crippen molar-refractivity contribution in [3.05, 3.63) is 34.3 Å². The number of nitrogens with two attached hydrogens (primary N) is 1. The smallest absolute Gasteiger partial charge is 0.101 e. The number of nitriles is 1. The Morgan fingerprint density at radius 2 is 2.15 bits per heavy atom. The van der Waals surface area contributed by atoms with Crippen LogP contribution in [0.4, 0.5) is 0 Å². The Hall–Kier alpha value is -1.04. The monoisotopic (exact) mass is 192 g/mol. The highest BCUT2D eigenvalue weighted by Gasteiger charge is 2.40. The van der Waals surface area contributed by atoms with Crippen molar-refractivity contribution in [2.75, 3.05) is 0 Å². The Bertz CT molecular complexity index is 388. The van der Waals surface area contributed by atoms with E-state index in [9.17, 15) is 0 Å². The predicted molar refractivity (Wildman–Crippen MR) is 51.3 cm³/mol. The van der Waals surface area contributed by atoms with Gasteiger partial charge in [-0.2, -0.15) is 5.26 Å².